The summed E-state index contributed by atoms with van der Waals surface area (Å²) < 4.78 is 27.7. The van der Waals surface area contributed by atoms with E-state index < -0.39 is 6.43 Å². The summed E-state index contributed by atoms with van der Waals surface area (Å²) in [5.41, 5.74) is 1.52. The van der Waals surface area contributed by atoms with Crippen LogP contribution in [0.3, 0.4) is 0 Å². The van der Waals surface area contributed by atoms with Crippen LogP contribution in [0.5, 0.6) is 0 Å². The van der Waals surface area contributed by atoms with Gasteiger partial charge in [-0.25, -0.2) is 8.78 Å². The molecule has 3 heterocycles. The first-order chi connectivity index (χ1) is 13.4. The molecule has 1 amide bonds. The second-order valence-corrected chi connectivity index (χ2v) is 7.30. The predicted molar refractivity (Wildman–Crippen MR) is 103 cm³/mol. The minimum atomic E-state index is -2.70. The summed E-state index contributed by atoms with van der Waals surface area (Å²) >= 11 is 12.1. The molecule has 28 heavy (non-hydrogen) atoms. The number of fused-ring (bicyclic) bond motifs is 1. The van der Waals surface area contributed by atoms with Crippen molar-refractivity contribution in [2.75, 3.05) is 11.4 Å². The number of anilines is 1. The van der Waals surface area contributed by atoms with Gasteiger partial charge in [-0.05, 0) is 42.8 Å². The third-order valence-electron chi connectivity index (χ3n) is 4.64. The standard InChI is InChI=1S/C19H14Cl2F2N4O/c1-10-9-26(12-2-3-14(20)15(21)7-12)19(28)17-13(8-25-27(10)17)11-4-5-24-16(6-11)18(22)23/h2-8,10,18H,9H2,1H3/t10-/m0/s1. The zero-order valence-electron chi connectivity index (χ0n) is 14.6. The molecular formula is C19H14Cl2F2N4O. The van der Waals surface area contributed by atoms with Crippen LogP contribution in [0, 0.1) is 0 Å². The van der Waals surface area contributed by atoms with Crippen molar-refractivity contribution in [3.8, 4) is 11.1 Å². The summed E-state index contributed by atoms with van der Waals surface area (Å²) in [6.07, 6.45) is 0.120. The van der Waals surface area contributed by atoms with Crippen LogP contribution in [0.4, 0.5) is 14.5 Å². The smallest absolute Gasteiger partial charge is 0.280 e. The summed E-state index contributed by atoms with van der Waals surface area (Å²) in [4.78, 5) is 18.5. The molecular weight excluding hydrogens is 409 g/mol. The van der Waals surface area contributed by atoms with E-state index in [0.29, 0.717) is 39.1 Å². The number of nitrogens with zero attached hydrogens (tertiary/aromatic N) is 4. The highest BCUT2D eigenvalue weighted by Gasteiger charge is 2.34. The lowest BCUT2D eigenvalue weighted by Gasteiger charge is -2.32. The number of carbonyl (C=O) groups excluding carboxylic acids is 1. The van der Waals surface area contributed by atoms with Crippen LogP contribution in [0.25, 0.3) is 11.1 Å². The van der Waals surface area contributed by atoms with Gasteiger partial charge in [-0.2, -0.15) is 5.10 Å². The summed E-state index contributed by atoms with van der Waals surface area (Å²) in [6, 6.07) is 7.71. The van der Waals surface area contributed by atoms with E-state index in [2.05, 4.69) is 10.1 Å². The van der Waals surface area contributed by atoms with Crippen molar-refractivity contribution in [3.63, 3.8) is 0 Å². The summed E-state index contributed by atoms with van der Waals surface area (Å²) in [7, 11) is 0. The number of benzene rings is 1. The van der Waals surface area contributed by atoms with E-state index in [-0.39, 0.29) is 17.6 Å². The van der Waals surface area contributed by atoms with E-state index in [9.17, 15) is 13.6 Å². The van der Waals surface area contributed by atoms with Gasteiger partial charge in [-0.1, -0.05) is 23.2 Å². The molecule has 0 radical (unpaired) electrons. The zero-order valence-corrected chi connectivity index (χ0v) is 16.1. The molecule has 9 heteroatoms. The first kappa shape index (κ1) is 18.8. The second-order valence-electron chi connectivity index (χ2n) is 6.48. The van der Waals surface area contributed by atoms with Gasteiger partial charge in [-0.15, -0.1) is 0 Å². The van der Waals surface area contributed by atoms with Crippen LogP contribution in [-0.4, -0.2) is 27.2 Å². The van der Waals surface area contributed by atoms with Crippen molar-refractivity contribution < 1.29 is 13.6 Å². The highest BCUT2D eigenvalue weighted by Crippen LogP contribution is 2.35. The summed E-state index contributed by atoms with van der Waals surface area (Å²) in [6.45, 7) is 2.32. The average Bonchev–Trinajstić information content (AvgIpc) is 3.13. The monoisotopic (exact) mass is 422 g/mol. The van der Waals surface area contributed by atoms with Gasteiger partial charge in [0, 0.05) is 24.0 Å². The Labute approximate surface area is 169 Å². The van der Waals surface area contributed by atoms with Crippen LogP contribution in [0.1, 0.15) is 35.6 Å². The van der Waals surface area contributed by atoms with Gasteiger partial charge in [0.2, 0.25) is 0 Å². The van der Waals surface area contributed by atoms with Gasteiger partial charge in [0.1, 0.15) is 11.4 Å². The van der Waals surface area contributed by atoms with Crippen LogP contribution in [0.2, 0.25) is 10.0 Å². The van der Waals surface area contributed by atoms with E-state index in [1.807, 2.05) is 6.92 Å². The summed E-state index contributed by atoms with van der Waals surface area (Å²) in [5.74, 6) is -0.292. The van der Waals surface area contributed by atoms with Crippen molar-refractivity contribution in [2.24, 2.45) is 0 Å². The SMILES string of the molecule is C[C@H]1CN(c2ccc(Cl)c(Cl)c2)C(=O)c2c(-c3ccnc(C(F)F)c3)cnn21. The molecule has 1 aromatic carbocycles. The van der Waals surface area contributed by atoms with Gasteiger partial charge in [-0.3, -0.25) is 14.5 Å². The molecule has 0 saturated heterocycles. The number of alkyl halides is 2. The third-order valence-corrected chi connectivity index (χ3v) is 5.38. The van der Waals surface area contributed by atoms with E-state index in [0.717, 1.165) is 0 Å². The maximum Gasteiger partial charge on any atom is 0.280 e. The lowest BCUT2D eigenvalue weighted by molar-refractivity contribution is 0.0954. The molecule has 1 atom stereocenters. The maximum atomic E-state index is 13.3. The number of carbonyl (C=O) groups is 1. The Morgan fingerprint density at radius 2 is 1.96 bits per heavy atom. The third kappa shape index (κ3) is 3.14. The molecule has 0 aliphatic carbocycles. The van der Waals surface area contributed by atoms with E-state index in [1.165, 1.54) is 18.5 Å². The van der Waals surface area contributed by atoms with Crippen molar-refractivity contribution in [1.29, 1.82) is 0 Å². The zero-order chi connectivity index (χ0) is 20.0. The molecule has 0 saturated carbocycles. The first-order valence-corrected chi connectivity index (χ1v) is 9.21. The Balaban J connectivity index is 1.80. The number of pyridine rings is 1. The molecule has 4 rings (SSSR count). The Hall–Kier alpha value is -2.51. The lowest BCUT2D eigenvalue weighted by atomic mass is 10.0. The van der Waals surface area contributed by atoms with E-state index in [1.54, 1.807) is 33.8 Å². The van der Waals surface area contributed by atoms with Crippen molar-refractivity contribution in [1.82, 2.24) is 14.8 Å². The average molecular weight is 423 g/mol. The van der Waals surface area contributed by atoms with Gasteiger partial charge in [0.25, 0.3) is 12.3 Å². The quantitative estimate of drug-likeness (QED) is 0.566. The highest BCUT2D eigenvalue weighted by molar-refractivity contribution is 6.42. The maximum absolute atomic E-state index is 13.3. The molecule has 0 spiro atoms. The molecule has 0 N–H and O–H groups in total. The molecule has 0 bridgehead atoms. The fourth-order valence-corrected chi connectivity index (χ4v) is 3.58. The fraction of sp³-hybridized carbons (Fsp3) is 0.211. The highest BCUT2D eigenvalue weighted by atomic mass is 35.5. The number of hydrogen-bond acceptors (Lipinski definition) is 3. The summed E-state index contributed by atoms with van der Waals surface area (Å²) in [5, 5.41) is 5.05. The Bertz CT molecular complexity index is 1070. The Morgan fingerprint density at radius 1 is 1.18 bits per heavy atom. The van der Waals surface area contributed by atoms with Crippen LogP contribution < -0.4 is 4.90 Å². The predicted octanol–water partition coefficient (Wildman–Crippen LogP) is 5.41. The van der Waals surface area contributed by atoms with Crippen molar-refractivity contribution >= 4 is 34.8 Å². The van der Waals surface area contributed by atoms with Crippen LogP contribution in [-0.2, 0) is 0 Å². The number of aromatic nitrogens is 3. The largest absolute Gasteiger partial charge is 0.305 e. The molecule has 0 fully saturated rings. The molecule has 144 valence electrons. The van der Waals surface area contributed by atoms with Gasteiger partial charge < -0.3 is 4.90 Å². The van der Waals surface area contributed by atoms with Gasteiger partial charge in [0.05, 0.1) is 22.3 Å². The van der Waals surface area contributed by atoms with Crippen molar-refractivity contribution in [3.05, 3.63) is 64.2 Å². The number of amides is 1. The Kier molecular flexibility index (Phi) is 4.81. The molecule has 0 unspecified atom stereocenters. The number of hydrogen-bond donors (Lipinski definition) is 0. The normalized spacial score (nSPS) is 16.6. The number of halogens is 4. The topological polar surface area (TPSA) is 51.0 Å². The Morgan fingerprint density at radius 3 is 2.68 bits per heavy atom. The van der Waals surface area contributed by atoms with Gasteiger partial charge in [0.15, 0.2) is 0 Å². The van der Waals surface area contributed by atoms with Crippen LogP contribution in [0.15, 0.2) is 42.7 Å². The lowest BCUT2D eigenvalue weighted by Crippen LogP contribution is -2.42. The van der Waals surface area contributed by atoms with Gasteiger partial charge >= 0.3 is 0 Å². The minimum Gasteiger partial charge on any atom is -0.305 e. The van der Waals surface area contributed by atoms with Crippen LogP contribution >= 0.6 is 23.2 Å². The van der Waals surface area contributed by atoms with E-state index >= 15 is 0 Å². The minimum absolute atomic E-state index is 0.118. The first-order valence-electron chi connectivity index (χ1n) is 8.45. The molecule has 2 aromatic heterocycles. The van der Waals surface area contributed by atoms with Crippen molar-refractivity contribution in [2.45, 2.75) is 19.4 Å². The second kappa shape index (κ2) is 7.14. The molecule has 1 aliphatic heterocycles. The van der Waals surface area contributed by atoms with E-state index in [4.69, 9.17) is 23.2 Å². The molecule has 1 aliphatic rings. The molecule has 5 nitrogen and oxygen atoms in total. The molecule has 3 aromatic rings. The fourth-order valence-electron chi connectivity index (χ4n) is 3.28. The number of rotatable bonds is 3.